The molecule has 2 N–H and O–H groups in total. The van der Waals surface area contributed by atoms with Crippen molar-refractivity contribution in [3.05, 3.63) is 65.9 Å². The highest BCUT2D eigenvalue weighted by molar-refractivity contribution is 7.21. The standard InChI is InChI=1S/C32H31FN6O6S/c1-17-8-21(29-25(9-17)37-28(43-3)13-35-29)30-38-24-10-22(33)26(11-27(24)46-30)44-16-18(2)45-32(42)36-20-4-5-23(34-12-20)31(41)39-7-6-19(14-39)15-40/h4-5,8-13,18-19,40H,6-7,14-16H2,1-3H3,(H,36,42)/t18-,19+/m1/s1. The van der Waals surface area contributed by atoms with E-state index in [0.717, 1.165) is 17.5 Å². The first kappa shape index (κ1) is 31.0. The third kappa shape index (κ3) is 6.67. The number of hydrogen-bond acceptors (Lipinski definition) is 11. The minimum Gasteiger partial charge on any atom is -0.487 e. The molecule has 5 aromatic rings. The lowest BCUT2D eigenvalue weighted by atomic mass is 10.1. The number of aryl methyl sites for hydroxylation is 1. The van der Waals surface area contributed by atoms with Gasteiger partial charge in [0.05, 0.1) is 46.4 Å². The van der Waals surface area contributed by atoms with Crippen molar-refractivity contribution in [2.45, 2.75) is 26.4 Å². The maximum absolute atomic E-state index is 15.0. The fourth-order valence-electron chi connectivity index (χ4n) is 5.16. The summed E-state index contributed by atoms with van der Waals surface area (Å²) in [5.74, 6) is -0.332. The van der Waals surface area contributed by atoms with Crippen LogP contribution in [0.2, 0.25) is 0 Å². The summed E-state index contributed by atoms with van der Waals surface area (Å²) in [5.41, 5.74) is 4.13. The van der Waals surface area contributed by atoms with Crippen molar-refractivity contribution in [2.75, 3.05) is 38.7 Å². The SMILES string of the molecule is COc1cnc2c(-c3nc4cc(F)c(OC[C@@H](C)OC(=O)Nc5ccc(C(=O)N6CC[C@H](CO)C6)nc5)cc4s3)cc(C)cc2n1. The maximum atomic E-state index is 15.0. The van der Waals surface area contributed by atoms with E-state index in [-0.39, 0.29) is 36.5 Å². The molecule has 2 amide bonds. The van der Waals surface area contributed by atoms with Crippen molar-refractivity contribution in [1.29, 1.82) is 0 Å². The minimum absolute atomic E-state index is 0.00459. The number of nitrogens with zero attached hydrogens (tertiary/aromatic N) is 5. The number of aromatic nitrogens is 4. The topological polar surface area (TPSA) is 149 Å². The highest BCUT2D eigenvalue weighted by Gasteiger charge is 2.27. The van der Waals surface area contributed by atoms with Gasteiger partial charge < -0.3 is 24.2 Å². The lowest BCUT2D eigenvalue weighted by molar-refractivity contribution is 0.0776. The number of amides is 2. The number of aliphatic hydroxyl groups excluding tert-OH is 1. The summed E-state index contributed by atoms with van der Waals surface area (Å²) in [7, 11) is 1.53. The van der Waals surface area contributed by atoms with E-state index < -0.39 is 18.0 Å². The number of ether oxygens (including phenoxy) is 3. The second-order valence-corrected chi connectivity index (χ2v) is 12.1. The molecular formula is C32H31FN6O6S. The van der Waals surface area contributed by atoms with Crippen LogP contribution in [-0.4, -0.2) is 81.5 Å². The van der Waals surface area contributed by atoms with Crippen LogP contribution in [0.25, 0.3) is 31.8 Å². The van der Waals surface area contributed by atoms with Gasteiger partial charge in [-0.2, -0.15) is 0 Å². The fourth-order valence-corrected chi connectivity index (χ4v) is 6.15. The van der Waals surface area contributed by atoms with Crippen LogP contribution >= 0.6 is 11.3 Å². The van der Waals surface area contributed by atoms with Gasteiger partial charge in [0.1, 0.15) is 23.4 Å². The van der Waals surface area contributed by atoms with Crippen molar-refractivity contribution >= 4 is 50.3 Å². The van der Waals surface area contributed by atoms with Gasteiger partial charge in [0.15, 0.2) is 11.6 Å². The van der Waals surface area contributed by atoms with Gasteiger partial charge in [-0.3, -0.25) is 10.1 Å². The Labute approximate surface area is 267 Å². The Kier molecular flexibility index (Phi) is 8.90. The summed E-state index contributed by atoms with van der Waals surface area (Å²) in [6.07, 6.45) is 2.19. The smallest absolute Gasteiger partial charge is 0.412 e. The van der Waals surface area contributed by atoms with Crippen LogP contribution in [0.4, 0.5) is 14.9 Å². The quantitative estimate of drug-likeness (QED) is 0.218. The first-order chi connectivity index (χ1) is 22.2. The van der Waals surface area contributed by atoms with Gasteiger partial charge in [0, 0.05) is 43.3 Å². The number of anilines is 1. The van der Waals surface area contributed by atoms with E-state index >= 15 is 0 Å². The summed E-state index contributed by atoms with van der Waals surface area (Å²) in [6.45, 7) is 4.57. The Morgan fingerprint density at radius 1 is 1.15 bits per heavy atom. The van der Waals surface area contributed by atoms with Gasteiger partial charge in [-0.15, -0.1) is 11.3 Å². The van der Waals surface area contributed by atoms with Crippen LogP contribution in [-0.2, 0) is 4.74 Å². The van der Waals surface area contributed by atoms with Crippen molar-refractivity contribution in [3.8, 4) is 22.2 Å². The fraction of sp³-hybridized carbons (Fsp3) is 0.312. The molecule has 46 heavy (non-hydrogen) atoms. The molecule has 6 rings (SSSR count). The van der Waals surface area contributed by atoms with Gasteiger partial charge in [0.2, 0.25) is 5.88 Å². The molecule has 1 aliphatic rings. The number of halogens is 1. The van der Waals surface area contributed by atoms with Crippen molar-refractivity contribution in [2.24, 2.45) is 5.92 Å². The number of hydrogen-bond donors (Lipinski definition) is 2. The summed E-state index contributed by atoms with van der Waals surface area (Å²) in [4.78, 5) is 44.5. The molecule has 0 aliphatic carbocycles. The maximum Gasteiger partial charge on any atom is 0.412 e. The molecule has 0 spiro atoms. The number of carbonyl (C=O) groups excluding carboxylic acids is 2. The molecular weight excluding hydrogens is 615 g/mol. The van der Waals surface area contributed by atoms with Crippen LogP contribution in [0.5, 0.6) is 11.6 Å². The number of benzene rings is 2. The number of methoxy groups -OCH3 is 1. The molecule has 2 aromatic carbocycles. The van der Waals surface area contributed by atoms with Crippen molar-refractivity contribution in [1.82, 2.24) is 24.8 Å². The van der Waals surface area contributed by atoms with E-state index in [2.05, 4.69) is 25.3 Å². The number of aliphatic hydroxyl groups is 1. The minimum atomic E-state index is -0.753. The Bertz CT molecular complexity index is 1920. The van der Waals surface area contributed by atoms with E-state index in [1.54, 1.807) is 30.2 Å². The molecule has 0 radical (unpaired) electrons. The Morgan fingerprint density at radius 3 is 2.74 bits per heavy atom. The molecule has 2 atom stereocenters. The molecule has 238 valence electrons. The second kappa shape index (κ2) is 13.2. The number of nitrogens with one attached hydrogen (secondary N) is 1. The molecule has 1 aliphatic heterocycles. The van der Waals surface area contributed by atoms with Gasteiger partial charge in [-0.1, -0.05) is 0 Å². The highest BCUT2D eigenvalue weighted by Crippen LogP contribution is 2.37. The average Bonchev–Trinajstić information content (AvgIpc) is 3.70. The van der Waals surface area contributed by atoms with Gasteiger partial charge >= 0.3 is 6.09 Å². The molecule has 3 aromatic heterocycles. The lowest BCUT2D eigenvalue weighted by Crippen LogP contribution is -2.30. The van der Waals surface area contributed by atoms with Gasteiger partial charge in [0.25, 0.3) is 5.91 Å². The number of carbonyl (C=O) groups is 2. The first-order valence-electron chi connectivity index (χ1n) is 14.6. The third-order valence-corrected chi connectivity index (χ3v) is 8.54. The number of likely N-dealkylation sites (tertiary alicyclic amines) is 1. The Balaban J connectivity index is 1.07. The van der Waals surface area contributed by atoms with Gasteiger partial charge in [-0.05, 0) is 50.1 Å². The van der Waals surface area contributed by atoms with Crippen molar-refractivity contribution < 1.29 is 33.3 Å². The van der Waals surface area contributed by atoms with Crippen LogP contribution < -0.4 is 14.8 Å². The largest absolute Gasteiger partial charge is 0.487 e. The molecule has 0 saturated carbocycles. The zero-order chi connectivity index (χ0) is 32.4. The molecule has 0 unspecified atom stereocenters. The zero-order valence-electron chi connectivity index (χ0n) is 25.3. The van der Waals surface area contributed by atoms with E-state index in [1.165, 1.54) is 36.8 Å². The van der Waals surface area contributed by atoms with Crippen LogP contribution in [0.15, 0.2) is 48.8 Å². The average molecular weight is 647 g/mol. The van der Waals surface area contributed by atoms with E-state index in [4.69, 9.17) is 14.2 Å². The molecule has 14 heteroatoms. The molecule has 1 saturated heterocycles. The third-order valence-electron chi connectivity index (χ3n) is 7.49. The second-order valence-electron chi connectivity index (χ2n) is 11.0. The summed E-state index contributed by atoms with van der Waals surface area (Å²) in [5, 5.41) is 12.5. The van der Waals surface area contributed by atoms with Crippen molar-refractivity contribution in [3.63, 3.8) is 0 Å². The number of fused-ring (bicyclic) bond motifs is 2. The monoisotopic (exact) mass is 646 g/mol. The molecule has 0 bridgehead atoms. The predicted octanol–water partition coefficient (Wildman–Crippen LogP) is 5.23. The van der Waals surface area contributed by atoms with Crippen LogP contribution in [0, 0.1) is 18.7 Å². The van der Waals surface area contributed by atoms with E-state index in [9.17, 15) is 19.1 Å². The number of thiazole rings is 1. The Morgan fingerprint density at radius 2 is 2.00 bits per heavy atom. The summed E-state index contributed by atoms with van der Waals surface area (Å²) >= 11 is 1.37. The summed E-state index contributed by atoms with van der Waals surface area (Å²) in [6, 6.07) is 9.84. The highest BCUT2D eigenvalue weighted by atomic mass is 32.1. The zero-order valence-corrected chi connectivity index (χ0v) is 26.1. The van der Waals surface area contributed by atoms with E-state index in [1.807, 2.05) is 19.1 Å². The van der Waals surface area contributed by atoms with Gasteiger partial charge in [-0.25, -0.2) is 29.1 Å². The number of pyridine rings is 1. The number of rotatable bonds is 9. The van der Waals surface area contributed by atoms with Crippen LogP contribution in [0.1, 0.15) is 29.4 Å². The molecule has 4 heterocycles. The first-order valence-corrected chi connectivity index (χ1v) is 15.4. The predicted molar refractivity (Wildman–Crippen MR) is 170 cm³/mol. The molecule has 1 fully saturated rings. The van der Waals surface area contributed by atoms with E-state index in [0.29, 0.717) is 50.9 Å². The molecule has 12 nitrogen and oxygen atoms in total. The summed E-state index contributed by atoms with van der Waals surface area (Å²) < 4.78 is 32.0. The lowest BCUT2D eigenvalue weighted by Gasteiger charge is -2.16. The van der Waals surface area contributed by atoms with Crippen LogP contribution in [0.3, 0.4) is 0 Å². The normalized spacial score (nSPS) is 15.2. The Hall–Kier alpha value is -4.95.